The van der Waals surface area contributed by atoms with E-state index in [1.807, 2.05) is 0 Å². The molecule has 0 unspecified atom stereocenters. The second kappa shape index (κ2) is 6.50. The lowest BCUT2D eigenvalue weighted by Gasteiger charge is -2.42. The maximum Gasteiger partial charge on any atom is 0.404 e. The first kappa shape index (κ1) is 21.3. The van der Waals surface area contributed by atoms with Crippen LogP contribution in [0, 0.1) is 5.92 Å². The molecule has 168 valence electrons. The molecular weight excluding hydrogens is 546 g/mol. The molecule has 1 spiro atoms. The molecule has 5 rings (SSSR count). The van der Waals surface area contributed by atoms with Crippen molar-refractivity contribution in [3.05, 3.63) is 11.3 Å². The molecule has 13 heteroatoms. The summed E-state index contributed by atoms with van der Waals surface area (Å²) >= 11 is 6.65. The minimum absolute atomic E-state index is 0.0818. The van der Waals surface area contributed by atoms with Crippen LogP contribution >= 0.6 is 31.9 Å². The molecule has 0 aromatic carbocycles. The quantitative estimate of drug-likeness (QED) is 0.358. The topological polar surface area (TPSA) is 137 Å². The van der Waals surface area contributed by atoms with Crippen LogP contribution in [0.1, 0.15) is 6.92 Å². The number of fused-ring (bicyclic) bond motifs is 4. The van der Waals surface area contributed by atoms with E-state index in [2.05, 4.69) is 31.9 Å². The van der Waals surface area contributed by atoms with E-state index in [4.69, 9.17) is 24.7 Å². The number of ketones is 2. The number of piperazine rings is 1. The number of methoxy groups -OCH3 is 1. The van der Waals surface area contributed by atoms with Crippen LogP contribution in [0.4, 0.5) is 4.79 Å². The molecule has 11 nitrogen and oxygen atoms in total. The summed E-state index contributed by atoms with van der Waals surface area (Å²) in [6.07, 6.45) is -1.03. The zero-order chi connectivity index (χ0) is 22.5. The standard InChI is InChI=1S/C18H19Br2N3O8/c1-7(24)23-9-5-22-11-10(8(6-29-15(21)27)16(22,28-2)12(9)23)13(25)18(30-3-4-31-18)17(19,20)14(11)26/h8-9,12H,3-6H2,1-2H3,(H2,21,27)/t8-,9+,12+,16-,23?/m1/s1. The molecule has 31 heavy (non-hydrogen) atoms. The number of ether oxygens (including phenoxy) is 4. The minimum Gasteiger partial charge on any atom is -0.449 e. The summed E-state index contributed by atoms with van der Waals surface area (Å²) < 4.78 is 20.7. The highest BCUT2D eigenvalue weighted by atomic mass is 79.9. The lowest BCUT2D eigenvalue weighted by Crippen LogP contribution is -2.62. The number of nitrogens with two attached hydrogens (primary N) is 1. The van der Waals surface area contributed by atoms with Gasteiger partial charge >= 0.3 is 6.09 Å². The monoisotopic (exact) mass is 563 g/mol. The third kappa shape index (κ3) is 2.33. The Kier molecular flexibility index (Phi) is 4.47. The number of carbonyl (C=O) groups excluding carboxylic acids is 4. The second-order valence-corrected chi connectivity index (χ2v) is 11.4. The van der Waals surface area contributed by atoms with Crippen LogP contribution in [0.2, 0.25) is 0 Å². The van der Waals surface area contributed by atoms with Crippen molar-refractivity contribution in [3.63, 3.8) is 0 Å². The van der Waals surface area contributed by atoms with E-state index < -0.39 is 44.4 Å². The smallest absolute Gasteiger partial charge is 0.404 e. The SMILES string of the molecule is CO[C@@]12[C@H](COC(N)=O)C3=C(C(=O)C(Br)(Br)C4(OCCO4)C3=O)N1C[C@H]1[C@@H]2N1C(C)=O. The molecule has 1 aliphatic carbocycles. The lowest BCUT2D eigenvalue weighted by atomic mass is 9.80. The van der Waals surface area contributed by atoms with Gasteiger partial charge in [0.1, 0.15) is 12.6 Å². The first-order chi connectivity index (χ1) is 14.6. The largest absolute Gasteiger partial charge is 0.449 e. The van der Waals surface area contributed by atoms with E-state index in [9.17, 15) is 19.2 Å². The van der Waals surface area contributed by atoms with Crippen molar-refractivity contribution in [2.24, 2.45) is 11.7 Å². The highest BCUT2D eigenvalue weighted by Gasteiger charge is 2.80. The van der Waals surface area contributed by atoms with E-state index >= 15 is 0 Å². The first-order valence-corrected chi connectivity index (χ1v) is 11.2. The summed E-state index contributed by atoms with van der Waals surface area (Å²) in [6, 6.07) is -0.621. The van der Waals surface area contributed by atoms with Gasteiger partial charge in [0.15, 0.2) is 5.72 Å². The van der Waals surface area contributed by atoms with Gasteiger partial charge in [-0.2, -0.15) is 0 Å². The maximum atomic E-state index is 13.8. The number of rotatable bonds is 3. The van der Waals surface area contributed by atoms with Crippen molar-refractivity contribution in [1.29, 1.82) is 0 Å². The number of primary amides is 1. The number of alkyl halides is 2. The fourth-order valence-corrected chi connectivity index (χ4v) is 6.83. The third-order valence-corrected chi connectivity index (χ3v) is 8.52. The second-order valence-electron chi connectivity index (χ2n) is 8.00. The van der Waals surface area contributed by atoms with Crippen molar-refractivity contribution in [2.45, 2.75) is 33.8 Å². The van der Waals surface area contributed by atoms with Gasteiger partial charge in [-0.05, 0) is 0 Å². The van der Waals surface area contributed by atoms with Gasteiger partial charge in [-0.3, -0.25) is 14.4 Å². The Morgan fingerprint density at radius 1 is 1.23 bits per heavy atom. The average Bonchev–Trinajstić information content (AvgIpc) is 3.04. The zero-order valence-corrected chi connectivity index (χ0v) is 19.7. The van der Waals surface area contributed by atoms with Gasteiger partial charge in [-0.1, -0.05) is 31.9 Å². The molecule has 0 aromatic rings. The van der Waals surface area contributed by atoms with E-state index in [-0.39, 0.29) is 49.6 Å². The molecule has 4 aliphatic heterocycles. The Morgan fingerprint density at radius 3 is 2.42 bits per heavy atom. The van der Waals surface area contributed by atoms with E-state index in [0.29, 0.717) is 0 Å². The summed E-state index contributed by atoms with van der Waals surface area (Å²) in [4.78, 5) is 54.4. The Labute approximate surface area is 193 Å². The molecule has 0 aromatic heterocycles. The van der Waals surface area contributed by atoms with Crippen molar-refractivity contribution in [1.82, 2.24) is 9.80 Å². The number of carbonyl (C=O) groups is 4. The van der Waals surface area contributed by atoms with Crippen LogP contribution < -0.4 is 5.73 Å². The van der Waals surface area contributed by atoms with Gasteiger partial charge in [0.05, 0.1) is 30.9 Å². The lowest BCUT2D eigenvalue weighted by molar-refractivity contribution is -0.182. The molecule has 0 radical (unpaired) electrons. The van der Waals surface area contributed by atoms with Crippen LogP contribution in [0.5, 0.6) is 0 Å². The minimum atomic E-state index is -1.92. The molecule has 2 N–H and O–H groups in total. The molecule has 3 fully saturated rings. The Balaban J connectivity index is 1.68. The summed E-state index contributed by atoms with van der Waals surface area (Å²) in [5.74, 6) is -4.04. The molecule has 0 saturated carbocycles. The van der Waals surface area contributed by atoms with E-state index in [0.717, 1.165) is 0 Å². The average molecular weight is 565 g/mol. The van der Waals surface area contributed by atoms with Crippen LogP contribution in [0.25, 0.3) is 0 Å². The van der Waals surface area contributed by atoms with Crippen molar-refractivity contribution in [2.75, 3.05) is 33.5 Å². The van der Waals surface area contributed by atoms with Crippen molar-refractivity contribution >= 4 is 55.4 Å². The van der Waals surface area contributed by atoms with Crippen LogP contribution in [0.3, 0.4) is 0 Å². The number of nitrogens with zero attached hydrogens (tertiary/aromatic N) is 2. The Hall–Kier alpha value is -1.54. The van der Waals surface area contributed by atoms with Gasteiger partial charge in [-0.25, -0.2) is 4.79 Å². The fourth-order valence-electron chi connectivity index (χ4n) is 5.63. The molecule has 0 bridgehead atoms. The Morgan fingerprint density at radius 2 is 1.87 bits per heavy atom. The first-order valence-electron chi connectivity index (χ1n) is 9.59. The predicted molar refractivity (Wildman–Crippen MR) is 108 cm³/mol. The van der Waals surface area contributed by atoms with Crippen LogP contribution in [-0.2, 0) is 33.3 Å². The molecule has 4 atom stereocenters. The van der Waals surface area contributed by atoms with Gasteiger partial charge in [-0.15, -0.1) is 0 Å². The van der Waals surface area contributed by atoms with Crippen LogP contribution in [0.15, 0.2) is 11.3 Å². The summed E-state index contributed by atoms with van der Waals surface area (Å²) in [7, 11) is 1.44. The van der Waals surface area contributed by atoms with Gasteiger partial charge in [0.25, 0.3) is 5.79 Å². The summed E-state index contributed by atoms with van der Waals surface area (Å²) in [5.41, 5.74) is 4.12. The van der Waals surface area contributed by atoms with E-state index in [1.54, 1.807) is 9.80 Å². The summed E-state index contributed by atoms with van der Waals surface area (Å²) in [5, 5.41) is 0. The molecular formula is C18H19Br2N3O8. The highest BCUT2D eigenvalue weighted by molar-refractivity contribution is 9.26. The number of hydrogen-bond donors (Lipinski definition) is 1. The number of halogens is 2. The zero-order valence-electron chi connectivity index (χ0n) is 16.6. The molecule has 2 amide bonds. The summed E-state index contributed by atoms with van der Waals surface area (Å²) in [6.45, 7) is 1.64. The number of Topliss-reactive ketones (excluding diaryl/α,β-unsaturated/α-hetero) is 2. The van der Waals surface area contributed by atoms with Crippen molar-refractivity contribution < 1.29 is 38.1 Å². The molecule has 3 saturated heterocycles. The normalized spacial score (nSPS) is 36.6. The van der Waals surface area contributed by atoms with Gasteiger partial charge in [0.2, 0.25) is 20.7 Å². The fraction of sp³-hybridized carbons (Fsp3) is 0.667. The third-order valence-electron chi connectivity index (χ3n) is 6.75. The molecule has 4 heterocycles. The van der Waals surface area contributed by atoms with Crippen molar-refractivity contribution in [3.8, 4) is 0 Å². The highest BCUT2D eigenvalue weighted by Crippen LogP contribution is 2.63. The van der Waals surface area contributed by atoms with Crippen LogP contribution in [-0.4, -0.2) is 93.7 Å². The number of allylic oxidation sites excluding steroid dienone is 1. The molecule has 5 aliphatic rings. The van der Waals surface area contributed by atoms with Gasteiger partial charge < -0.3 is 34.5 Å². The number of hydrogen-bond acceptors (Lipinski definition) is 9. The Bertz CT molecular complexity index is 961. The van der Waals surface area contributed by atoms with Gasteiger partial charge in [0, 0.05) is 26.2 Å². The maximum absolute atomic E-state index is 13.8. The number of amides is 2. The van der Waals surface area contributed by atoms with E-state index in [1.165, 1.54) is 14.0 Å². The predicted octanol–water partition coefficient (Wildman–Crippen LogP) is -0.396.